The standard InChI is InChI=1S/C24H28N2O5S/c1-2-30-23(29)19-13-15-20(16-14-19)25-24(32)26-21(27)11-6-12-22(28)31-17-7-10-18-8-4-3-5-9-18/h3-5,8-9,13-16H,2,6-7,10-12,17H2,1H3,(H2,25,26,27,32). The summed E-state index contributed by atoms with van der Waals surface area (Å²) in [5.74, 6) is -1.000. The first-order valence-corrected chi connectivity index (χ1v) is 11.0. The van der Waals surface area contributed by atoms with Crippen molar-refractivity contribution < 1.29 is 23.9 Å². The van der Waals surface area contributed by atoms with E-state index in [4.69, 9.17) is 21.7 Å². The zero-order valence-corrected chi connectivity index (χ0v) is 18.9. The number of benzene rings is 2. The Labute approximate surface area is 193 Å². The highest BCUT2D eigenvalue weighted by Crippen LogP contribution is 2.11. The largest absolute Gasteiger partial charge is 0.466 e. The van der Waals surface area contributed by atoms with Crippen molar-refractivity contribution in [3.05, 3.63) is 65.7 Å². The molecule has 0 spiro atoms. The molecule has 2 aromatic carbocycles. The number of carbonyl (C=O) groups excluding carboxylic acids is 3. The van der Waals surface area contributed by atoms with Crippen molar-refractivity contribution in [3.8, 4) is 0 Å². The van der Waals surface area contributed by atoms with Crippen LogP contribution in [-0.2, 0) is 25.5 Å². The van der Waals surface area contributed by atoms with Gasteiger partial charge in [-0.05, 0) is 68.2 Å². The lowest BCUT2D eigenvalue weighted by Crippen LogP contribution is -2.34. The number of esters is 2. The lowest BCUT2D eigenvalue weighted by atomic mass is 10.1. The van der Waals surface area contributed by atoms with Gasteiger partial charge in [-0.1, -0.05) is 30.3 Å². The van der Waals surface area contributed by atoms with E-state index < -0.39 is 5.97 Å². The molecule has 0 bridgehead atoms. The van der Waals surface area contributed by atoms with Crippen LogP contribution in [0.4, 0.5) is 5.69 Å². The van der Waals surface area contributed by atoms with Crippen molar-refractivity contribution in [1.82, 2.24) is 5.32 Å². The van der Waals surface area contributed by atoms with E-state index in [0.717, 1.165) is 12.8 Å². The van der Waals surface area contributed by atoms with Gasteiger partial charge < -0.3 is 20.1 Å². The number of ether oxygens (including phenoxy) is 2. The molecule has 32 heavy (non-hydrogen) atoms. The number of carbonyl (C=O) groups is 3. The number of rotatable bonds is 11. The highest BCUT2D eigenvalue weighted by Gasteiger charge is 2.09. The summed E-state index contributed by atoms with van der Waals surface area (Å²) in [5, 5.41) is 5.58. The van der Waals surface area contributed by atoms with Crippen LogP contribution in [0.2, 0.25) is 0 Å². The first kappa shape index (κ1) is 25.0. The molecule has 1 amide bonds. The maximum absolute atomic E-state index is 12.0. The number of thiocarbonyl (C=S) groups is 1. The number of anilines is 1. The van der Waals surface area contributed by atoms with E-state index in [-0.39, 0.29) is 29.8 Å². The van der Waals surface area contributed by atoms with Crippen molar-refractivity contribution >= 4 is 40.9 Å². The Kier molecular flexibility index (Phi) is 10.9. The van der Waals surface area contributed by atoms with Crippen molar-refractivity contribution in [3.63, 3.8) is 0 Å². The second kappa shape index (κ2) is 13.9. The summed E-state index contributed by atoms with van der Waals surface area (Å²) in [4.78, 5) is 35.4. The molecule has 0 heterocycles. The fourth-order valence-electron chi connectivity index (χ4n) is 2.83. The molecule has 0 aromatic heterocycles. The minimum atomic E-state index is -0.398. The predicted octanol–water partition coefficient (Wildman–Crippen LogP) is 4.02. The van der Waals surface area contributed by atoms with Gasteiger partial charge >= 0.3 is 11.9 Å². The molecule has 2 N–H and O–H groups in total. The van der Waals surface area contributed by atoms with E-state index in [1.54, 1.807) is 31.2 Å². The highest BCUT2D eigenvalue weighted by molar-refractivity contribution is 7.80. The fraction of sp³-hybridized carbons (Fsp3) is 0.333. The summed E-state index contributed by atoms with van der Waals surface area (Å²) >= 11 is 5.12. The topological polar surface area (TPSA) is 93.7 Å². The van der Waals surface area contributed by atoms with Gasteiger partial charge in [0, 0.05) is 18.5 Å². The summed E-state index contributed by atoms with van der Waals surface area (Å²) in [5.41, 5.74) is 2.27. The summed E-state index contributed by atoms with van der Waals surface area (Å²) in [6, 6.07) is 16.6. The van der Waals surface area contributed by atoms with Gasteiger partial charge in [0.15, 0.2) is 5.11 Å². The van der Waals surface area contributed by atoms with Crippen LogP contribution >= 0.6 is 12.2 Å². The van der Waals surface area contributed by atoms with Crippen molar-refractivity contribution in [2.75, 3.05) is 18.5 Å². The van der Waals surface area contributed by atoms with E-state index in [2.05, 4.69) is 10.6 Å². The lowest BCUT2D eigenvalue weighted by molar-refractivity contribution is -0.143. The van der Waals surface area contributed by atoms with Crippen LogP contribution in [0, 0.1) is 0 Å². The Morgan fingerprint density at radius 3 is 2.31 bits per heavy atom. The van der Waals surface area contributed by atoms with E-state index in [0.29, 0.717) is 30.9 Å². The maximum Gasteiger partial charge on any atom is 0.338 e. The van der Waals surface area contributed by atoms with Crippen molar-refractivity contribution in [2.45, 2.75) is 39.0 Å². The smallest absolute Gasteiger partial charge is 0.338 e. The number of hydrogen-bond acceptors (Lipinski definition) is 6. The molecule has 2 rings (SSSR count). The molecule has 8 heteroatoms. The molecular weight excluding hydrogens is 428 g/mol. The molecule has 170 valence electrons. The monoisotopic (exact) mass is 456 g/mol. The number of hydrogen-bond donors (Lipinski definition) is 2. The average molecular weight is 457 g/mol. The number of amides is 1. The number of aryl methyl sites for hydroxylation is 1. The van der Waals surface area contributed by atoms with E-state index in [1.165, 1.54) is 5.56 Å². The third-order valence-electron chi connectivity index (χ3n) is 4.41. The summed E-state index contributed by atoms with van der Waals surface area (Å²) in [6.07, 6.45) is 2.32. The van der Waals surface area contributed by atoms with E-state index >= 15 is 0 Å². The van der Waals surface area contributed by atoms with Gasteiger partial charge in [-0.2, -0.15) is 0 Å². The van der Waals surface area contributed by atoms with Crippen LogP contribution in [-0.4, -0.2) is 36.2 Å². The fourth-order valence-corrected chi connectivity index (χ4v) is 3.06. The Morgan fingerprint density at radius 1 is 0.906 bits per heavy atom. The molecule has 2 aromatic rings. The molecular formula is C24H28N2O5S. The van der Waals surface area contributed by atoms with Gasteiger partial charge in [0.2, 0.25) is 5.91 Å². The predicted molar refractivity (Wildman–Crippen MR) is 126 cm³/mol. The second-order valence-corrected chi connectivity index (χ2v) is 7.37. The van der Waals surface area contributed by atoms with Crippen molar-refractivity contribution in [2.24, 2.45) is 0 Å². The SMILES string of the molecule is CCOC(=O)c1ccc(NC(=S)NC(=O)CCCC(=O)OCCCc2ccccc2)cc1. The first-order valence-electron chi connectivity index (χ1n) is 10.6. The molecule has 0 saturated carbocycles. The van der Waals surface area contributed by atoms with E-state index in [9.17, 15) is 14.4 Å². The zero-order chi connectivity index (χ0) is 23.2. The minimum Gasteiger partial charge on any atom is -0.466 e. The lowest BCUT2D eigenvalue weighted by Gasteiger charge is -2.10. The van der Waals surface area contributed by atoms with Gasteiger partial charge in [0.1, 0.15) is 0 Å². The second-order valence-electron chi connectivity index (χ2n) is 6.96. The molecule has 0 atom stereocenters. The van der Waals surface area contributed by atoms with Crippen LogP contribution in [0.15, 0.2) is 54.6 Å². The third-order valence-corrected chi connectivity index (χ3v) is 4.61. The minimum absolute atomic E-state index is 0.141. The molecule has 0 aliphatic rings. The van der Waals surface area contributed by atoms with Gasteiger partial charge in [0.25, 0.3) is 0 Å². The molecule has 0 unspecified atom stereocenters. The maximum atomic E-state index is 12.0. The zero-order valence-electron chi connectivity index (χ0n) is 18.1. The third kappa shape index (κ3) is 9.70. The summed E-state index contributed by atoms with van der Waals surface area (Å²) in [6.45, 7) is 2.41. The van der Waals surface area contributed by atoms with Crippen LogP contribution in [0.25, 0.3) is 0 Å². The Bertz CT molecular complexity index is 900. The Morgan fingerprint density at radius 2 is 1.62 bits per heavy atom. The van der Waals surface area contributed by atoms with Crippen LogP contribution < -0.4 is 10.6 Å². The summed E-state index contributed by atoms with van der Waals surface area (Å²) < 4.78 is 10.1. The molecule has 7 nitrogen and oxygen atoms in total. The molecule has 0 saturated heterocycles. The first-order chi connectivity index (χ1) is 15.5. The van der Waals surface area contributed by atoms with E-state index in [1.807, 2.05) is 30.3 Å². The highest BCUT2D eigenvalue weighted by atomic mass is 32.1. The normalized spacial score (nSPS) is 10.2. The number of nitrogens with one attached hydrogen (secondary N) is 2. The summed E-state index contributed by atoms with van der Waals surface area (Å²) in [7, 11) is 0. The molecule has 0 radical (unpaired) electrons. The van der Waals surface area contributed by atoms with Gasteiger partial charge in [-0.25, -0.2) is 4.79 Å². The average Bonchev–Trinajstić information content (AvgIpc) is 2.78. The molecule has 0 aliphatic carbocycles. The quantitative estimate of drug-likeness (QED) is 0.300. The Hall–Kier alpha value is -3.26. The van der Waals surface area contributed by atoms with Gasteiger partial charge in [-0.3, -0.25) is 9.59 Å². The van der Waals surface area contributed by atoms with Crippen molar-refractivity contribution in [1.29, 1.82) is 0 Å². The molecule has 0 aliphatic heterocycles. The van der Waals surface area contributed by atoms with Gasteiger partial charge in [0.05, 0.1) is 18.8 Å². The Balaban J connectivity index is 1.58. The molecule has 0 fully saturated rings. The van der Waals surface area contributed by atoms with Gasteiger partial charge in [-0.15, -0.1) is 0 Å². The van der Waals surface area contributed by atoms with Crippen LogP contribution in [0.1, 0.15) is 48.5 Å². The van der Waals surface area contributed by atoms with Crippen LogP contribution in [0.5, 0.6) is 0 Å². The van der Waals surface area contributed by atoms with Crippen LogP contribution in [0.3, 0.4) is 0 Å².